The van der Waals surface area contributed by atoms with Gasteiger partial charge in [-0.05, 0) is 31.7 Å². The molecule has 0 heterocycles. The average Bonchev–Trinajstić information content (AvgIpc) is 2.17. The molecule has 2 N–H and O–H groups in total. The Morgan fingerprint density at radius 2 is 2.21 bits per heavy atom. The van der Waals surface area contributed by atoms with E-state index < -0.39 is 10.8 Å². The van der Waals surface area contributed by atoms with E-state index in [1.807, 2.05) is 0 Å². The number of hydrogen-bond acceptors (Lipinski definition) is 2. The number of hydrogen-bond donors (Lipinski definition) is 1. The molecule has 0 saturated heterocycles. The Kier molecular flexibility index (Phi) is 5.10. The van der Waals surface area contributed by atoms with Crippen molar-refractivity contribution >= 4 is 10.8 Å². The molecule has 0 aromatic carbocycles. The summed E-state index contributed by atoms with van der Waals surface area (Å²) in [5.41, 5.74) is 5.49. The van der Waals surface area contributed by atoms with Gasteiger partial charge < -0.3 is 5.73 Å². The Bertz CT molecular complexity index is 196. The molecule has 0 aromatic rings. The standard InChI is InChI=1S/C11H23NOS/c1-9-4-3-5-11(8-9)14(13)10(2)6-7-12/h9-11H,3-8,12H2,1-2H3. The van der Waals surface area contributed by atoms with Crippen molar-refractivity contribution in [1.29, 1.82) is 0 Å². The van der Waals surface area contributed by atoms with Gasteiger partial charge in [-0.25, -0.2) is 0 Å². The van der Waals surface area contributed by atoms with E-state index in [1.54, 1.807) is 0 Å². The van der Waals surface area contributed by atoms with Gasteiger partial charge in [0.15, 0.2) is 0 Å². The zero-order valence-electron chi connectivity index (χ0n) is 9.37. The normalized spacial score (nSPS) is 32.5. The molecule has 0 bridgehead atoms. The molecule has 1 rings (SSSR count). The summed E-state index contributed by atoms with van der Waals surface area (Å²) in [5.74, 6) is 0.766. The maximum atomic E-state index is 12.1. The van der Waals surface area contributed by atoms with Crippen LogP contribution in [0, 0.1) is 5.92 Å². The van der Waals surface area contributed by atoms with Crippen molar-refractivity contribution in [2.75, 3.05) is 6.54 Å². The predicted octanol–water partition coefficient (Wildman–Crippen LogP) is 2.05. The molecule has 2 nitrogen and oxygen atoms in total. The van der Waals surface area contributed by atoms with Crippen LogP contribution in [0.2, 0.25) is 0 Å². The van der Waals surface area contributed by atoms with Crippen LogP contribution in [0.4, 0.5) is 0 Å². The molecular weight excluding hydrogens is 194 g/mol. The molecule has 0 radical (unpaired) electrons. The van der Waals surface area contributed by atoms with E-state index in [2.05, 4.69) is 13.8 Å². The first-order valence-electron chi connectivity index (χ1n) is 5.74. The molecule has 0 aliphatic heterocycles. The van der Waals surface area contributed by atoms with Crippen molar-refractivity contribution in [2.24, 2.45) is 11.7 Å². The van der Waals surface area contributed by atoms with Crippen LogP contribution in [0.25, 0.3) is 0 Å². The highest BCUT2D eigenvalue weighted by molar-refractivity contribution is 7.86. The van der Waals surface area contributed by atoms with Crippen LogP contribution in [-0.2, 0) is 10.8 Å². The second-order valence-corrected chi connectivity index (χ2v) is 6.74. The summed E-state index contributed by atoms with van der Waals surface area (Å²) in [6, 6.07) is 0. The molecule has 0 aromatic heterocycles. The highest BCUT2D eigenvalue weighted by Gasteiger charge is 2.26. The summed E-state index contributed by atoms with van der Waals surface area (Å²) in [6.07, 6.45) is 5.79. The summed E-state index contributed by atoms with van der Waals surface area (Å²) in [5, 5.41) is 0.732. The van der Waals surface area contributed by atoms with Crippen molar-refractivity contribution in [3.05, 3.63) is 0 Å². The van der Waals surface area contributed by atoms with Gasteiger partial charge >= 0.3 is 0 Å². The van der Waals surface area contributed by atoms with Crippen LogP contribution in [0.3, 0.4) is 0 Å². The molecule has 1 aliphatic rings. The molecule has 0 amide bonds. The maximum Gasteiger partial charge on any atom is 0.0353 e. The van der Waals surface area contributed by atoms with Gasteiger partial charge in [0, 0.05) is 21.3 Å². The van der Waals surface area contributed by atoms with Crippen LogP contribution in [0.1, 0.15) is 46.0 Å². The minimum Gasteiger partial charge on any atom is -0.330 e. The van der Waals surface area contributed by atoms with E-state index >= 15 is 0 Å². The lowest BCUT2D eigenvalue weighted by Gasteiger charge is -2.28. The Balaban J connectivity index is 2.42. The highest BCUT2D eigenvalue weighted by Crippen LogP contribution is 2.28. The van der Waals surface area contributed by atoms with Crippen LogP contribution < -0.4 is 5.73 Å². The fourth-order valence-corrected chi connectivity index (χ4v) is 4.21. The van der Waals surface area contributed by atoms with Crippen LogP contribution >= 0.6 is 0 Å². The van der Waals surface area contributed by atoms with E-state index in [9.17, 15) is 4.21 Å². The molecule has 4 unspecified atom stereocenters. The van der Waals surface area contributed by atoms with Crippen molar-refractivity contribution in [2.45, 2.75) is 56.5 Å². The molecule has 1 fully saturated rings. The molecule has 3 heteroatoms. The summed E-state index contributed by atoms with van der Waals surface area (Å²) < 4.78 is 12.1. The van der Waals surface area contributed by atoms with E-state index in [1.165, 1.54) is 12.8 Å². The summed E-state index contributed by atoms with van der Waals surface area (Å²) in [4.78, 5) is 0. The minimum absolute atomic E-state index is 0.287. The molecular formula is C11H23NOS. The lowest BCUT2D eigenvalue weighted by atomic mass is 9.91. The third-order valence-electron chi connectivity index (χ3n) is 3.19. The molecule has 1 saturated carbocycles. The van der Waals surface area contributed by atoms with E-state index in [0.717, 1.165) is 25.2 Å². The lowest BCUT2D eigenvalue weighted by molar-refractivity contribution is 0.388. The van der Waals surface area contributed by atoms with E-state index in [0.29, 0.717) is 11.8 Å². The van der Waals surface area contributed by atoms with Crippen molar-refractivity contribution < 1.29 is 4.21 Å². The number of rotatable bonds is 4. The fourth-order valence-electron chi connectivity index (χ4n) is 2.27. The fraction of sp³-hybridized carbons (Fsp3) is 1.00. The third kappa shape index (κ3) is 3.35. The second kappa shape index (κ2) is 5.86. The van der Waals surface area contributed by atoms with Gasteiger partial charge in [-0.2, -0.15) is 0 Å². The van der Waals surface area contributed by atoms with Crippen molar-refractivity contribution in [3.8, 4) is 0 Å². The molecule has 84 valence electrons. The lowest BCUT2D eigenvalue weighted by Crippen LogP contribution is -2.30. The predicted molar refractivity (Wildman–Crippen MR) is 62.7 cm³/mol. The smallest absolute Gasteiger partial charge is 0.0353 e. The highest BCUT2D eigenvalue weighted by atomic mass is 32.2. The number of nitrogens with two attached hydrogens (primary N) is 1. The molecule has 4 atom stereocenters. The maximum absolute atomic E-state index is 12.1. The largest absolute Gasteiger partial charge is 0.330 e. The third-order valence-corrected chi connectivity index (χ3v) is 5.30. The van der Waals surface area contributed by atoms with E-state index in [-0.39, 0.29) is 5.25 Å². The molecule has 14 heavy (non-hydrogen) atoms. The van der Waals surface area contributed by atoms with Gasteiger partial charge in [0.05, 0.1) is 0 Å². The van der Waals surface area contributed by atoms with Gasteiger partial charge in [0.2, 0.25) is 0 Å². The second-order valence-electron chi connectivity index (χ2n) is 4.61. The summed E-state index contributed by atoms with van der Waals surface area (Å²) in [7, 11) is -0.652. The summed E-state index contributed by atoms with van der Waals surface area (Å²) >= 11 is 0. The minimum atomic E-state index is -0.652. The van der Waals surface area contributed by atoms with Gasteiger partial charge in [0.1, 0.15) is 0 Å². The zero-order chi connectivity index (χ0) is 10.6. The quantitative estimate of drug-likeness (QED) is 0.783. The first-order chi connectivity index (χ1) is 6.65. The SMILES string of the molecule is CC1CCCC(S(=O)C(C)CCN)C1. The average molecular weight is 217 g/mol. The van der Waals surface area contributed by atoms with Gasteiger partial charge in [0.25, 0.3) is 0 Å². The van der Waals surface area contributed by atoms with Crippen molar-refractivity contribution in [1.82, 2.24) is 0 Å². The van der Waals surface area contributed by atoms with Crippen molar-refractivity contribution in [3.63, 3.8) is 0 Å². The van der Waals surface area contributed by atoms with Gasteiger partial charge in [-0.3, -0.25) is 4.21 Å². The van der Waals surface area contributed by atoms with Crippen LogP contribution in [-0.4, -0.2) is 21.3 Å². The Morgan fingerprint density at radius 1 is 1.50 bits per heavy atom. The van der Waals surface area contributed by atoms with E-state index in [4.69, 9.17) is 5.73 Å². The Labute approximate surface area is 90.1 Å². The monoisotopic (exact) mass is 217 g/mol. The molecule has 0 spiro atoms. The van der Waals surface area contributed by atoms with Gasteiger partial charge in [-0.1, -0.05) is 26.7 Å². The first-order valence-corrected chi connectivity index (χ1v) is 7.02. The molecule has 1 aliphatic carbocycles. The first kappa shape index (κ1) is 12.2. The van der Waals surface area contributed by atoms with Crippen LogP contribution in [0.5, 0.6) is 0 Å². The Hall–Kier alpha value is 0.110. The topological polar surface area (TPSA) is 43.1 Å². The summed E-state index contributed by atoms with van der Waals surface area (Å²) in [6.45, 7) is 5.01. The van der Waals surface area contributed by atoms with Gasteiger partial charge in [-0.15, -0.1) is 0 Å². The zero-order valence-corrected chi connectivity index (χ0v) is 10.2. The Morgan fingerprint density at radius 3 is 2.79 bits per heavy atom. The van der Waals surface area contributed by atoms with Crippen LogP contribution in [0.15, 0.2) is 0 Å².